The monoisotopic (exact) mass is 559 g/mol. The van der Waals surface area contributed by atoms with E-state index in [1.807, 2.05) is 0 Å². The number of nitrogens with one attached hydrogen (secondary N) is 3. The zero-order valence-corrected chi connectivity index (χ0v) is 22.5. The highest BCUT2D eigenvalue weighted by atomic mass is 32.2. The summed E-state index contributed by atoms with van der Waals surface area (Å²) in [5.41, 5.74) is -0.387. The van der Waals surface area contributed by atoms with Crippen molar-refractivity contribution in [1.29, 1.82) is 0 Å². The molecular weight excluding hydrogens is 522 g/mol. The number of ether oxygens (including phenoxy) is 1. The van der Waals surface area contributed by atoms with Crippen LogP contribution in [0.1, 0.15) is 38.8 Å². The van der Waals surface area contributed by atoms with Gasteiger partial charge in [-0.3, -0.25) is 14.4 Å². The van der Waals surface area contributed by atoms with E-state index < -0.39 is 78.9 Å². The Kier molecular flexibility index (Phi) is 13.5. The van der Waals surface area contributed by atoms with Crippen LogP contribution in [0.2, 0.25) is 0 Å². The zero-order chi connectivity index (χ0) is 29.0. The molecule has 1 aromatic carbocycles. The number of hydrogen-bond donors (Lipinski definition) is 8. The topological polar surface area (TPSA) is 215 Å². The van der Waals surface area contributed by atoms with Gasteiger partial charge in [-0.15, -0.1) is 0 Å². The maximum absolute atomic E-state index is 12.7. The largest absolute Gasteiger partial charge is 0.481 e. The highest BCUT2D eigenvalue weighted by molar-refractivity contribution is 7.98. The van der Waals surface area contributed by atoms with E-state index in [1.54, 1.807) is 57.4 Å². The first-order chi connectivity index (χ1) is 17.7. The fraction of sp³-hybridized carbons (Fsp3) is 0.583. The number of aliphatic hydroxyl groups is 4. The molecule has 0 heterocycles. The quantitative estimate of drug-likeness (QED) is 0.140. The summed E-state index contributed by atoms with van der Waals surface area (Å²) in [6, 6.07) is 4.37. The average molecular weight is 560 g/mol. The molecule has 0 bridgehead atoms. The molecule has 1 rings (SSSR count). The van der Waals surface area contributed by atoms with Gasteiger partial charge in [0.25, 0.3) is 5.91 Å². The molecule has 3 amide bonds. The van der Waals surface area contributed by atoms with E-state index in [1.165, 1.54) is 11.8 Å². The number of amides is 3. The molecule has 214 valence electrons. The molecular formula is C24H37N3O10S. The second-order valence-electron chi connectivity index (χ2n) is 9.45. The molecule has 14 heteroatoms. The van der Waals surface area contributed by atoms with Crippen molar-refractivity contribution in [2.45, 2.75) is 69.2 Å². The molecule has 0 aliphatic heterocycles. The molecule has 1 aromatic rings. The number of carbonyl (C=O) groups is 4. The SMILES string of the molecule is CSC[C@H](NC(=O)OC(C)(C)C)C(=O)N[C@@H](CO)[C@@H](O)[C@@H](O)[C@H](O)C(=O)N[C@@H](CC(=O)O)c1ccccc1. The minimum atomic E-state index is -2.24. The van der Waals surface area contributed by atoms with Crippen LogP contribution >= 0.6 is 11.8 Å². The maximum Gasteiger partial charge on any atom is 0.408 e. The summed E-state index contributed by atoms with van der Waals surface area (Å²) in [5.74, 6) is -3.11. The van der Waals surface area contributed by atoms with Gasteiger partial charge in [-0.2, -0.15) is 11.8 Å². The van der Waals surface area contributed by atoms with E-state index in [0.29, 0.717) is 5.56 Å². The number of thioether (sulfide) groups is 1. The van der Waals surface area contributed by atoms with Crippen molar-refractivity contribution >= 4 is 35.6 Å². The third kappa shape index (κ3) is 11.2. The van der Waals surface area contributed by atoms with Crippen molar-refractivity contribution in [2.75, 3.05) is 18.6 Å². The van der Waals surface area contributed by atoms with Crippen molar-refractivity contribution in [3.8, 4) is 0 Å². The second kappa shape index (κ2) is 15.5. The van der Waals surface area contributed by atoms with Crippen molar-refractivity contribution in [3.63, 3.8) is 0 Å². The summed E-state index contributed by atoms with van der Waals surface area (Å²) >= 11 is 1.22. The minimum absolute atomic E-state index is 0.108. The van der Waals surface area contributed by atoms with E-state index >= 15 is 0 Å². The predicted octanol–water partition coefficient (Wildman–Crippen LogP) is -0.865. The number of aliphatic hydroxyl groups excluding tert-OH is 4. The Morgan fingerprint density at radius 3 is 2.05 bits per heavy atom. The lowest BCUT2D eigenvalue weighted by molar-refractivity contribution is -0.145. The summed E-state index contributed by atoms with van der Waals surface area (Å²) in [7, 11) is 0. The van der Waals surface area contributed by atoms with Gasteiger partial charge in [0.15, 0.2) is 6.10 Å². The Bertz CT molecular complexity index is 928. The van der Waals surface area contributed by atoms with Gasteiger partial charge in [-0.25, -0.2) is 4.79 Å². The Hall–Kier alpha value is -2.91. The Balaban J connectivity index is 2.89. The van der Waals surface area contributed by atoms with Crippen molar-refractivity contribution in [3.05, 3.63) is 35.9 Å². The molecule has 38 heavy (non-hydrogen) atoms. The predicted molar refractivity (Wildman–Crippen MR) is 138 cm³/mol. The Morgan fingerprint density at radius 2 is 1.55 bits per heavy atom. The van der Waals surface area contributed by atoms with Crippen LogP contribution in [-0.2, 0) is 19.1 Å². The lowest BCUT2D eigenvalue weighted by Gasteiger charge is -2.30. The van der Waals surface area contributed by atoms with E-state index in [0.717, 1.165) is 0 Å². The lowest BCUT2D eigenvalue weighted by atomic mass is 9.99. The summed E-state index contributed by atoms with van der Waals surface area (Å²) < 4.78 is 5.13. The molecule has 0 unspecified atom stereocenters. The van der Waals surface area contributed by atoms with Gasteiger partial charge in [0.2, 0.25) is 5.91 Å². The molecule has 0 saturated carbocycles. The number of hydrogen-bond acceptors (Lipinski definition) is 10. The Labute approximate surface area is 225 Å². The fourth-order valence-electron chi connectivity index (χ4n) is 3.27. The smallest absolute Gasteiger partial charge is 0.408 e. The van der Waals surface area contributed by atoms with Crippen LogP contribution in [0.15, 0.2) is 30.3 Å². The molecule has 0 spiro atoms. The third-order valence-corrected chi connectivity index (χ3v) is 5.78. The molecule has 8 N–H and O–H groups in total. The fourth-order valence-corrected chi connectivity index (χ4v) is 3.84. The summed E-state index contributed by atoms with van der Waals surface area (Å²) in [5, 5.41) is 57.1. The van der Waals surface area contributed by atoms with Gasteiger partial charge in [0, 0.05) is 5.75 Å². The highest BCUT2D eigenvalue weighted by Crippen LogP contribution is 2.17. The van der Waals surface area contributed by atoms with Gasteiger partial charge < -0.3 is 46.2 Å². The normalized spacial score (nSPS) is 16.2. The first-order valence-electron chi connectivity index (χ1n) is 11.7. The maximum atomic E-state index is 12.7. The lowest BCUT2D eigenvalue weighted by Crippen LogP contribution is -2.59. The number of carboxylic acids is 1. The van der Waals surface area contributed by atoms with Gasteiger partial charge >= 0.3 is 12.1 Å². The number of benzene rings is 1. The molecule has 0 fully saturated rings. The van der Waals surface area contributed by atoms with Gasteiger partial charge in [-0.1, -0.05) is 30.3 Å². The van der Waals surface area contributed by atoms with Crippen LogP contribution in [0.4, 0.5) is 4.79 Å². The molecule has 0 radical (unpaired) electrons. The van der Waals surface area contributed by atoms with E-state index in [2.05, 4.69) is 16.0 Å². The van der Waals surface area contributed by atoms with E-state index in [-0.39, 0.29) is 5.75 Å². The van der Waals surface area contributed by atoms with Crippen molar-refractivity contribution in [2.24, 2.45) is 0 Å². The number of aliphatic carboxylic acids is 1. The molecule has 0 aromatic heterocycles. The second-order valence-corrected chi connectivity index (χ2v) is 10.4. The van der Waals surface area contributed by atoms with Crippen LogP contribution in [0.5, 0.6) is 0 Å². The highest BCUT2D eigenvalue weighted by Gasteiger charge is 2.37. The van der Waals surface area contributed by atoms with Crippen LogP contribution in [0.3, 0.4) is 0 Å². The summed E-state index contributed by atoms with van der Waals surface area (Å²) in [6.07, 6.45) is -6.13. The van der Waals surface area contributed by atoms with Gasteiger partial charge in [0.05, 0.1) is 25.1 Å². The van der Waals surface area contributed by atoms with E-state index in [4.69, 9.17) is 9.84 Å². The number of rotatable bonds is 14. The molecule has 13 nitrogen and oxygen atoms in total. The molecule has 0 aliphatic carbocycles. The third-order valence-electron chi connectivity index (χ3n) is 5.12. The average Bonchev–Trinajstić information content (AvgIpc) is 2.84. The van der Waals surface area contributed by atoms with Crippen LogP contribution in [0, 0.1) is 0 Å². The number of carbonyl (C=O) groups excluding carboxylic acids is 3. The van der Waals surface area contributed by atoms with Gasteiger partial charge in [0.1, 0.15) is 23.9 Å². The summed E-state index contributed by atoms with van der Waals surface area (Å²) in [4.78, 5) is 48.6. The number of carboxylic acid groups (broad SMARTS) is 1. The van der Waals surface area contributed by atoms with E-state index in [9.17, 15) is 39.6 Å². The first kappa shape index (κ1) is 33.1. The van der Waals surface area contributed by atoms with Crippen LogP contribution < -0.4 is 16.0 Å². The molecule has 0 aliphatic rings. The van der Waals surface area contributed by atoms with Crippen LogP contribution in [-0.4, -0.2) is 104 Å². The number of alkyl carbamates (subject to hydrolysis) is 1. The Morgan fingerprint density at radius 1 is 0.947 bits per heavy atom. The summed E-state index contributed by atoms with van der Waals surface area (Å²) in [6.45, 7) is 4.03. The standard InChI is InChI=1S/C24H37N3O10S/c1-24(2,3)37-23(36)27-16(12-38-4)21(34)26-15(11-28)18(31)19(32)20(33)22(35)25-14(10-17(29)30)13-8-6-5-7-9-13/h5-9,14-16,18-20,28,31-33H,10-12H2,1-4H3,(H,25,35)(H,26,34)(H,27,36)(H,29,30)/t14-,15-,16-,18+,19+,20-/m0/s1. The van der Waals surface area contributed by atoms with Crippen molar-refractivity contribution in [1.82, 2.24) is 16.0 Å². The molecule has 6 atom stereocenters. The molecule has 0 saturated heterocycles. The minimum Gasteiger partial charge on any atom is -0.481 e. The first-order valence-corrected chi connectivity index (χ1v) is 13.1. The van der Waals surface area contributed by atoms with Crippen LogP contribution in [0.25, 0.3) is 0 Å². The van der Waals surface area contributed by atoms with Crippen molar-refractivity contribution < 1.29 is 49.4 Å². The van der Waals surface area contributed by atoms with Gasteiger partial charge in [-0.05, 0) is 32.6 Å². The zero-order valence-electron chi connectivity index (χ0n) is 21.7.